The van der Waals surface area contributed by atoms with Gasteiger partial charge in [-0.2, -0.15) is 9.78 Å². The zero-order chi connectivity index (χ0) is 30.4. The predicted molar refractivity (Wildman–Crippen MR) is 163 cm³/mol. The monoisotopic (exact) mass is 584 g/mol. The van der Waals surface area contributed by atoms with Gasteiger partial charge in [0.15, 0.2) is 8.32 Å². The predicted octanol–water partition coefficient (Wildman–Crippen LogP) is 6.83. The molecule has 10 nitrogen and oxygen atoms in total. The van der Waals surface area contributed by atoms with Crippen molar-refractivity contribution in [2.24, 2.45) is 0 Å². The Balaban J connectivity index is 1.87. The molecule has 0 saturated heterocycles. The Morgan fingerprint density at radius 3 is 2.37 bits per heavy atom. The summed E-state index contributed by atoms with van der Waals surface area (Å²) in [5.74, 6) is 0.474. The lowest BCUT2D eigenvalue weighted by molar-refractivity contribution is 0.0131. The molecular weight excluding hydrogens is 540 g/mol. The maximum Gasteiger partial charge on any atom is 0.432 e. The van der Waals surface area contributed by atoms with E-state index < -0.39 is 26.1 Å². The number of aryl methyl sites for hydroxylation is 1. The zero-order valence-electron chi connectivity index (χ0n) is 25.3. The molecule has 1 amide bonds. The van der Waals surface area contributed by atoms with Gasteiger partial charge in [0.2, 0.25) is 0 Å². The minimum atomic E-state index is -2.06. The number of amides is 1. The molecule has 0 spiro atoms. The van der Waals surface area contributed by atoms with E-state index in [2.05, 4.69) is 25.9 Å². The third kappa shape index (κ3) is 8.23. The summed E-state index contributed by atoms with van der Waals surface area (Å²) in [4.78, 5) is 26.6. The van der Waals surface area contributed by atoms with E-state index in [9.17, 15) is 14.7 Å². The Kier molecular flexibility index (Phi) is 10.4. The number of benzene rings is 2. The first kappa shape index (κ1) is 31.9. The summed E-state index contributed by atoms with van der Waals surface area (Å²) in [6.07, 6.45) is -2.03. The topological polar surface area (TPSA) is 129 Å². The lowest BCUT2D eigenvalue weighted by Gasteiger charge is -2.36. The van der Waals surface area contributed by atoms with Crippen molar-refractivity contribution >= 4 is 37.1 Å². The van der Waals surface area contributed by atoms with Crippen LogP contribution in [0, 0.1) is 6.92 Å². The van der Waals surface area contributed by atoms with Crippen molar-refractivity contribution in [1.82, 2.24) is 14.7 Å². The van der Waals surface area contributed by atoms with Crippen LogP contribution in [-0.4, -0.2) is 65.6 Å². The molecule has 0 aliphatic rings. The van der Waals surface area contributed by atoms with Crippen molar-refractivity contribution < 1.29 is 28.6 Å². The van der Waals surface area contributed by atoms with Crippen molar-refractivity contribution in [3.63, 3.8) is 0 Å². The molecule has 0 radical (unpaired) electrons. The van der Waals surface area contributed by atoms with Gasteiger partial charge in [-0.1, -0.05) is 32.9 Å². The molecule has 3 aromatic rings. The number of hydrogen-bond acceptors (Lipinski definition) is 7. The van der Waals surface area contributed by atoms with Crippen LogP contribution in [0.5, 0.6) is 5.75 Å². The SMILES string of the molecule is CC[Si](CC)(CC)OC(CN(CCOc1ccc2c(C)nn(C(=O)O)c2c1)C(=O)OC(C)(C)C)c1cccc(N)c1. The Hall–Kier alpha value is -3.57. The summed E-state index contributed by atoms with van der Waals surface area (Å²) in [6.45, 7) is 14.4. The van der Waals surface area contributed by atoms with Crippen molar-refractivity contribution in [2.75, 3.05) is 25.4 Å². The van der Waals surface area contributed by atoms with Crippen LogP contribution >= 0.6 is 0 Å². The standard InChI is InChI=1S/C30H44N4O6Si/c1-8-41(9-2,10-3)40-27(22-12-11-13-23(31)18-22)20-33(29(37)39-30(5,6)7)16-17-38-24-14-15-25-21(4)32-34(28(35)36)26(25)19-24/h11-15,18-19,27H,8-10,16-17,20,31H2,1-7H3,(H,35,36). The molecular formula is C30H44N4O6Si. The van der Waals surface area contributed by atoms with Crippen LogP contribution in [0.25, 0.3) is 10.9 Å². The third-order valence-electron chi connectivity index (χ3n) is 7.29. The van der Waals surface area contributed by atoms with Crippen LogP contribution in [0.3, 0.4) is 0 Å². The molecule has 1 heterocycles. The largest absolute Gasteiger partial charge is 0.492 e. The lowest BCUT2D eigenvalue weighted by Crippen LogP contribution is -2.45. The molecule has 0 fully saturated rings. The van der Waals surface area contributed by atoms with Gasteiger partial charge < -0.3 is 29.6 Å². The normalized spacial score (nSPS) is 12.8. The molecule has 0 aliphatic carbocycles. The Bertz CT molecular complexity index is 1340. The number of rotatable bonds is 12. The van der Waals surface area contributed by atoms with E-state index >= 15 is 0 Å². The molecule has 1 aromatic heterocycles. The highest BCUT2D eigenvalue weighted by molar-refractivity contribution is 6.73. The average Bonchev–Trinajstić information content (AvgIpc) is 3.25. The van der Waals surface area contributed by atoms with Crippen LogP contribution in [-0.2, 0) is 9.16 Å². The quantitative estimate of drug-likeness (QED) is 0.175. The van der Waals surface area contributed by atoms with E-state index in [0.717, 1.165) is 33.8 Å². The number of aromatic nitrogens is 2. The van der Waals surface area contributed by atoms with E-state index in [1.54, 1.807) is 30.0 Å². The molecule has 11 heteroatoms. The first-order chi connectivity index (χ1) is 19.3. The fourth-order valence-corrected chi connectivity index (χ4v) is 7.63. The molecule has 3 N–H and O–H groups in total. The second-order valence-corrected chi connectivity index (χ2v) is 16.0. The summed E-state index contributed by atoms with van der Waals surface area (Å²) in [5.41, 5.74) is 8.04. The van der Waals surface area contributed by atoms with Crippen LogP contribution in [0.1, 0.15) is 58.9 Å². The Labute approximate surface area is 243 Å². The molecule has 2 aromatic carbocycles. The van der Waals surface area contributed by atoms with Gasteiger partial charge in [0, 0.05) is 17.1 Å². The number of anilines is 1. The van der Waals surface area contributed by atoms with E-state index in [1.807, 2.05) is 45.0 Å². The number of carboxylic acid groups (broad SMARTS) is 1. The first-order valence-electron chi connectivity index (χ1n) is 14.2. The first-order valence-corrected chi connectivity index (χ1v) is 16.7. The molecule has 0 saturated carbocycles. The van der Waals surface area contributed by atoms with Gasteiger partial charge in [-0.05, 0) is 75.7 Å². The fourth-order valence-electron chi connectivity index (χ4n) is 4.82. The minimum Gasteiger partial charge on any atom is -0.492 e. The average molecular weight is 585 g/mol. The summed E-state index contributed by atoms with van der Waals surface area (Å²) >= 11 is 0. The van der Waals surface area contributed by atoms with E-state index in [-0.39, 0.29) is 25.8 Å². The summed E-state index contributed by atoms with van der Waals surface area (Å²) in [5, 5.41) is 14.3. The molecule has 3 rings (SSSR count). The lowest BCUT2D eigenvalue weighted by atomic mass is 10.1. The summed E-state index contributed by atoms with van der Waals surface area (Å²) in [6, 6.07) is 15.7. The number of nitrogens with two attached hydrogens (primary N) is 1. The van der Waals surface area contributed by atoms with Gasteiger partial charge in [-0.15, -0.1) is 0 Å². The molecule has 1 atom stereocenters. The fraction of sp³-hybridized carbons (Fsp3) is 0.500. The summed E-state index contributed by atoms with van der Waals surface area (Å²) in [7, 11) is -2.06. The van der Waals surface area contributed by atoms with Gasteiger partial charge in [0.25, 0.3) is 0 Å². The second kappa shape index (κ2) is 13.4. The highest BCUT2D eigenvalue weighted by atomic mass is 28.4. The number of fused-ring (bicyclic) bond motifs is 1. The molecule has 224 valence electrons. The van der Waals surface area contributed by atoms with Crippen LogP contribution in [0.4, 0.5) is 15.3 Å². The van der Waals surface area contributed by atoms with Crippen LogP contribution < -0.4 is 10.5 Å². The van der Waals surface area contributed by atoms with E-state index in [1.165, 1.54) is 0 Å². The number of carbonyl (C=O) groups excluding carboxylic acids is 1. The van der Waals surface area contributed by atoms with Crippen molar-refractivity contribution in [3.8, 4) is 5.75 Å². The van der Waals surface area contributed by atoms with Gasteiger partial charge in [-0.3, -0.25) is 0 Å². The smallest absolute Gasteiger partial charge is 0.432 e. The zero-order valence-corrected chi connectivity index (χ0v) is 26.3. The van der Waals surface area contributed by atoms with Gasteiger partial charge >= 0.3 is 12.2 Å². The minimum absolute atomic E-state index is 0.159. The van der Waals surface area contributed by atoms with Crippen molar-refractivity contribution in [1.29, 1.82) is 0 Å². The van der Waals surface area contributed by atoms with Gasteiger partial charge in [0.05, 0.1) is 30.4 Å². The maximum atomic E-state index is 13.4. The van der Waals surface area contributed by atoms with E-state index in [4.69, 9.17) is 19.6 Å². The summed E-state index contributed by atoms with van der Waals surface area (Å²) < 4.78 is 19.6. The maximum absolute atomic E-state index is 13.4. The van der Waals surface area contributed by atoms with Crippen LogP contribution in [0.15, 0.2) is 42.5 Å². The van der Waals surface area contributed by atoms with Gasteiger partial charge in [-0.25, -0.2) is 9.59 Å². The molecule has 0 aliphatic heterocycles. The Morgan fingerprint density at radius 2 is 1.78 bits per heavy atom. The third-order valence-corrected chi connectivity index (χ3v) is 11.9. The van der Waals surface area contributed by atoms with Crippen molar-refractivity contribution in [3.05, 3.63) is 53.7 Å². The number of ether oxygens (including phenoxy) is 2. The van der Waals surface area contributed by atoms with Crippen LogP contribution in [0.2, 0.25) is 18.1 Å². The number of nitrogens with zero attached hydrogens (tertiary/aromatic N) is 3. The van der Waals surface area contributed by atoms with Gasteiger partial charge in [0.1, 0.15) is 18.0 Å². The molecule has 1 unspecified atom stereocenters. The van der Waals surface area contributed by atoms with E-state index in [0.29, 0.717) is 22.6 Å². The number of hydrogen-bond donors (Lipinski definition) is 2. The highest BCUT2D eigenvalue weighted by Gasteiger charge is 2.35. The Morgan fingerprint density at radius 1 is 1.10 bits per heavy atom. The highest BCUT2D eigenvalue weighted by Crippen LogP contribution is 2.32. The second-order valence-electron chi connectivity index (χ2n) is 11.3. The molecule has 41 heavy (non-hydrogen) atoms. The van der Waals surface area contributed by atoms with Crippen molar-refractivity contribution in [2.45, 2.75) is 78.3 Å². The molecule has 0 bridgehead atoms. The number of nitrogen functional groups attached to an aromatic ring is 1. The number of carbonyl (C=O) groups is 2.